The molecular formula is C21H27NO. The van der Waals surface area contributed by atoms with Gasteiger partial charge in [0.05, 0.1) is 12.0 Å². The van der Waals surface area contributed by atoms with Crippen LogP contribution in [-0.4, -0.2) is 5.78 Å². The monoisotopic (exact) mass is 309 g/mol. The Morgan fingerprint density at radius 2 is 2.13 bits per heavy atom. The zero-order valence-electron chi connectivity index (χ0n) is 14.3. The molecule has 0 amide bonds. The van der Waals surface area contributed by atoms with E-state index < -0.39 is 0 Å². The smallest absolute Gasteiger partial charge is 0.155 e. The van der Waals surface area contributed by atoms with Gasteiger partial charge in [0.2, 0.25) is 0 Å². The van der Waals surface area contributed by atoms with Gasteiger partial charge in [-0.25, -0.2) is 0 Å². The Hall–Kier alpha value is -1.36. The van der Waals surface area contributed by atoms with Crippen molar-refractivity contribution >= 4 is 5.78 Å². The van der Waals surface area contributed by atoms with E-state index in [2.05, 4.69) is 26.5 Å². The van der Waals surface area contributed by atoms with Crippen molar-refractivity contribution in [1.82, 2.24) is 0 Å². The van der Waals surface area contributed by atoms with Crippen molar-refractivity contribution < 1.29 is 4.79 Å². The third-order valence-corrected chi connectivity index (χ3v) is 7.76. The van der Waals surface area contributed by atoms with Crippen LogP contribution in [0.1, 0.15) is 52.4 Å². The van der Waals surface area contributed by atoms with Crippen LogP contribution in [0.5, 0.6) is 0 Å². The number of allylic oxidation sites excluding steroid dienone is 2. The molecule has 4 rings (SSSR count). The average molecular weight is 309 g/mol. The summed E-state index contributed by atoms with van der Waals surface area (Å²) in [6.07, 6.45) is 8.29. The van der Waals surface area contributed by atoms with Gasteiger partial charge in [-0.05, 0) is 73.2 Å². The molecule has 0 aromatic rings. The van der Waals surface area contributed by atoms with Crippen LogP contribution in [0.25, 0.3) is 0 Å². The fourth-order valence-corrected chi connectivity index (χ4v) is 6.79. The predicted octanol–water partition coefficient (Wildman–Crippen LogP) is 4.68. The number of hydrogen-bond donors (Lipinski definition) is 0. The molecule has 0 aliphatic heterocycles. The molecule has 0 N–H and O–H groups in total. The molecule has 3 fully saturated rings. The fourth-order valence-electron chi connectivity index (χ4n) is 6.79. The van der Waals surface area contributed by atoms with Crippen molar-refractivity contribution in [2.75, 3.05) is 0 Å². The molecule has 0 heterocycles. The third kappa shape index (κ3) is 2.02. The minimum absolute atomic E-state index is 0.0468. The summed E-state index contributed by atoms with van der Waals surface area (Å²) in [7, 11) is 0. The van der Waals surface area contributed by atoms with Crippen LogP contribution in [0.3, 0.4) is 0 Å². The first-order chi connectivity index (χ1) is 11.0. The highest BCUT2D eigenvalue weighted by molar-refractivity contribution is 5.91. The van der Waals surface area contributed by atoms with Crippen molar-refractivity contribution in [3.05, 3.63) is 23.8 Å². The molecule has 2 heteroatoms. The van der Waals surface area contributed by atoms with Crippen molar-refractivity contribution in [2.45, 2.75) is 52.4 Å². The predicted molar refractivity (Wildman–Crippen MR) is 90.3 cm³/mol. The van der Waals surface area contributed by atoms with Crippen LogP contribution in [0.2, 0.25) is 0 Å². The van der Waals surface area contributed by atoms with E-state index in [4.69, 9.17) is 0 Å². The molecule has 0 aromatic heterocycles. The van der Waals surface area contributed by atoms with Gasteiger partial charge in [0, 0.05) is 6.42 Å². The van der Waals surface area contributed by atoms with E-state index in [9.17, 15) is 10.1 Å². The first kappa shape index (κ1) is 15.2. The van der Waals surface area contributed by atoms with Crippen LogP contribution in [0.4, 0.5) is 0 Å². The first-order valence-electron chi connectivity index (χ1n) is 9.26. The maximum absolute atomic E-state index is 11.8. The van der Waals surface area contributed by atoms with Gasteiger partial charge >= 0.3 is 0 Å². The van der Waals surface area contributed by atoms with Gasteiger partial charge in [0.15, 0.2) is 5.78 Å². The number of carbonyl (C=O) groups excluding carboxylic acids is 1. The standard InChI is InChI=1S/C21H27NO/c1-12-9-18-20-13(2)8-14-10-15(23)4-5-16(14)17(20)6-7-21(18,3)19(12)11-22/h10,13,16-20H,1,4-9H2,2-3H3/t13-,16+,17-,18+,19+,20-,21+/m1/s1. The summed E-state index contributed by atoms with van der Waals surface area (Å²) < 4.78 is 0. The lowest BCUT2D eigenvalue weighted by atomic mass is 9.49. The molecule has 0 radical (unpaired) electrons. The van der Waals surface area contributed by atoms with Crippen molar-refractivity contribution in [1.29, 1.82) is 5.26 Å². The van der Waals surface area contributed by atoms with Crippen LogP contribution in [0, 0.1) is 52.3 Å². The fraction of sp³-hybridized carbons (Fsp3) is 0.714. The highest BCUT2D eigenvalue weighted by Crippen LogP contribution is 2.65. The van der Waals surface area contributed by atoms with E-state index >= 15 is 0 Å². The minimum atomic E-state index is 0.0468. The third-order valence-electron chi connectivity index (χ3n) is 7.76. The maximum Gasteiger partial charge on any atom is 0.155 e. The van der Waals surface area contributed by atoms with E-state index in [0.717, 1.165) is 38.0 Å². The Balaban J connectivity index is 1.71. The van der Waals surface area contributed by atoms with Crippen molar-refractivity contribution in [3.63, 3.8) is 0 Å². The normalized spacial score (nSPS) is 48.8. The molecular weight excluding hydrogens is 282 g/mol. The van der Waals surface area contributed by atoms with E-state index in [1.807, 2.05) is 6.08 Å². The van der Waals surface area contributed by atoms with Gasteiger partial charge < -0.3 is 0 Å². The van der Waals surface area contributed by atoms with Gasteiger partial charge in [0.25, 0.3) is 0 Å². The molecule has 2 nitrogen and oxygen atoms in total. The number of ketones is 1. The molecule has 0 unspecified atom stereocenters. The van der Waals surface area contributed by atoms with Gasteiger partial charge in [-0.1, -0.05) is 31.6 Å². The highest BCUT2D eigenvalue weighted by atomic mass is 16.1. The first-order valence-corrected chi connectivity index (χ1v) is 9.26. The summed E-state index contributed by atoms with van der Waals surface area (Å²) in [5.74, 6) is 3.69. The van der Waals surface area contributed by atoms with E-state index in [1.165, 1.54) is 17.6 Å². The van der Waals surface area contributed by atoms with E-state index in [-0.39, 0.29) is 11.3 Å². The lowest BCUT2D eigenvalue weighted by Gasteiger charge is -2.55. The zero-order valence-corrected chi connectivity index (χ0v) is 14.3. The topological polar surface area (TPSA) is 40.9 Å². The maximum atomic E-state index is 11.8. The number of carbonyl (C=O) groups is 1. The average Bonchev–Trinajstić information content (AvgIpc) is 2.76. The summed E-state index contributed by atoms with van der Waals surface area (Å²) in [6.45, 7) is 8.98. The van der Waals surface area contributed by atoms with Gasteiger partial charge in [-0.15, -0.1) is 0 Å². The number of rotatable bonds is 0. The quantitative estimate of drug-likeness (QED) is 0.610. The van der Waals surface area contributed by atoms with Crippen LogP contribution >= 0.6 is 0 Å². The Bertz CT molecular complexity index is 639. The van der Waals surface area contributed by atoms with Crippen LogP contribution in [-0.2, 0) is 4.79 Å². The summed E-state index contributed by atoms with van der Waals surface area (Å²) >= 11 is 0. The summed E-state index contributed by atoms with van der Waals surface area (Å²) in [5, 5.41) is 9.66. The molecule has 4 aliphatic carbocycles. The number of fused-ring (bicyclic) bond motifs is 5. The molecule has 3 saturated carbocycles. The largest absolute Gasteiger partial charge is 0.295 e. The summed E-state index contributed by atoms with van der Waals surface area (Å²) in [6, 6.07) is 2.57. The number of nitrogens with zero attached hydrogens (tertiary/aromatic N) is 1. The number of nitriles is 1. The minimum Gasteiger partial charge on any atom is -0.295 e. The Kier molecular flexibility index (Phi) is 3.34. The zero-order chi connectivity index (χ0) is 16.4. The molecule has 7 atom stereocenters. The van der Waals surface area contributed by atoms with Crippen LogP contribution < -0.4 is 0 Å². The van der Waals surface area contributed by atoms with Crippen molar-refractivity contribution in [2.24, 2.45) is 40.9 Å². The van der Waals surface area contributed by atoms with Gasteiger partial charge in [0.1, 0.15) is 0 Å². The van der Waals surface area contributed by atoms with Gasteiger partial charge in [-0.3, -0.25) is 4.79 Å². The SMILES string of the molecule is C=C1C[C@H]2[C@H]3[C@H](CC[C@]2(C)[C@H]1C#N)[C@H]1CCC(=O)C=C1C[C@H]3C. The molecule has 122 valence electrons. The van der Waals surface area contributed by atoms with E-state index in [1.54, 1.807) is 0 Å². The second kappa shape index (κ2) is 5.07. The highest BCUT2D eigenvalue weighted by Gasteiger charge is 2.59. The van der Waals surface area contributed by atoms with Crippen molar-refractivity contribution in [3.8, 4) is 6.07 Å². The Morgan fingerprint density at radius 1 is 1.35 bits per heavy atom. The summed E-state index contributed by atoms with van der Waals surface area (Å²) in [4.78, 5) is 11.8. The number of hydrogen-bond acceptors (Lipinski definition) is 2. The molecule has 0 aromatic carbocycles. The molecule has 4 aliphatic rings. The summed E-state index contributed by atoms with van der Waals surface area (Å²) in [5.41, 5.74) is 2.74. The molecule has 0 spiro atoms. The molecule has 0 bridgehead atoms. The lowest BCUT2D eigenvalue weighted by Crippen LogP contribution is -2.49. The van der Waals surface area contributed by atoms with Crippen LogP contribution in [0.15, 0.2) is 23.8 Å². The Morgan fingerprint density at radius 3 is 2.87 bits per heavy atom. The Labute approximate surface area is 139 Å². The van der Waals surface area contributed by atoms with E-state index in [0.29, 0.717) is 29.5 Å². The second-order valence-electron chi connectivity index (χ2n) is 8.83. The molecule has 23 heavy (non-hydrogen) atoms. The molecule has 0 saturated heterocycles. The lowest BCUT2D eigenvalue weighted by molar-refractivity contribution is -0.116. The van der Waals surface area contributed by atoms with Gasteiger partial charge in [-0.2, -0.15) is 5.26 Å². The second-order valence-corrected chi connectivity index (χ2v) is 8.83.